The van der Waals surface area contributed by atoms with Crippen molar-refractivity contribution in [3.63, 3.8) is 0 Å². The zero-order valence-corrected chi connectivity index (χ0v) is 18.3. The fraction of sp³-hybridized carbons (Fsp3) is 0.240. The van der Waals surface area contributed by atoms with E-state index in [1.54, 1.807) is 0 Å². The van der Waals surface area contributed by atoms with Gasteiger partial charge >= 0.3 is 0 Å². The molecule has 7 heteroatoms. The molecule has 2 unspecified atom stereocenters. The van der Waals surface area contributed by atoms with E-state index >= 15 is 0 Å². The molecular formula is C25H25FN2O3S. The molecule has 2 atom stereocenters. The minimum Gasteiger partial charge on any atom is -0.352 e. The number of hydrogen-bond acceptors (Lipinski definition) is 3. The highest BCUT2D eigenvalue weighted by molar-refractivity contribution is 7.89. The van der Waals surface area contributed by atoms with Crippen LogP contribution in [0.1, 0.15) is 30.0 Å². The van der Waals surface area contributed by atoms with Crippen LogP contribution in [-0.2, 0) is 21.4 Å². The van der Waals surface area contributed by atoms with Gasteiger partial charge in [-0.05, 0) is 42.2 Å². The highest BCUT2D eigenvalue weighted by atomic mass is 32.2. The second kappa shape index (κ2) is 9.63. The molecule has 3 aromatic rings. The maximum absolute atomic E-state index is 13.8. The lowest BCUT2D eigenvalue weighted by Gasteiger charge is -2.38. The lowest BCUT2D eigenvalue weighted by atomic mass is 9.90. The van der Waals surface area contributed by atoms with Gasteiger partial charge in [0.1, 0.15) is 5.82 Å². The van der Waals surface area contributed by atoms with E-state index in [0.717, 1.165) is 17.2 Å². The van der Waals surface area contributed by atoms with Gasteiger partial charge in [-0.1, -0.05) is 66.7 Å². The largest absolute Gasteiger partial charge is 0.352 e. The summed E-state index contributed by atoms with van der Waals surface area (Å²) in [6, 6.07) is 23.5. The number of carbonyl (C=O) groups excluding carboxylic acids is 1. The van der Waals surface area contributed by atoms with Crippen LogP contribution in [0.2, 0.25) is 0 Å². The first-order valence-electron chi connectivity index (χ1n) is 10.6. The number of amides is 1. The van der Waals surface area contributed by atoms with E-state index in [9.17, 15) is 17.6 Å². The van der Waals surface area contributed by atoms with Crippen molar-refractivity contribution in [1.29, 1.82) is 0 Å². The maximum atomic E-state index is 13.8. The summed E-state index contributed by atoms with van der Waals surface area (Å²) in [7, 11) is -4.00. The molecule has 1 aliphatic rings. The second-order valence-electron chi connectivity index (χ2n) is 7.94. The van der Waals surface area contributed by atoms with Crippen molar-refractivity contribution in [2.75, 3.05) is 6.54 Å². The summed E-state index contributed by atoms with van der Waals surface area (Å²) in [6.45, 7) is 0.425. The van der Waals surface area contributed by atoms with Gasteiger partial charge in [-0.3, -0.25) is 4.79 Å². The zero-order valence-electron chi connectivity index (χ0n) is 17.5. The fourth-order valence-corrected chi connectivity index (χ4v) is 5.84. The average Bonchev–Trinajstić information content (AvgIpc) is 2.83. The Hall–Kier alpha value is -3.03. The molecule has 166 valence electrons. The summed E-state index contributed by atoms with van der Waals surface area (Å²) in [5.74, 6) is -1.28. The topological polar surface area (TPSA) is 66.5 Å². The summed E-state index contributed by atoms with van der Waals surface area (Å²) in [5.41, 5.74) is 1.83. The van der Waals surface area contributed by atoms with Gasteiger partial charge < -0.3 is 5.32 Å². The Morgan fingerprint density at radius 1 is 0.938 bits per heavy atom. The number of nitrogens with one attached hydrogen (secondary N) is 1. The van der Waals surface area contributed by atoms with Crippen LogP contribution in [-0.4, -0.2) is 25.2 Å². The number of sulfonamides is 1. The van der Waals surface area contributed by atoms with Crippen LogP contribution in [0.3, 0.4) is 0 Å². The van der Waals surface area contributed by atoms with Crippen molar-refractivity contribution in [3.8, 4) is 0 Å². The average molecular weight is 453 g/mol. The van der Waals surface area contributed by atoms with Crippen LogP contribution in [0, 0.1) is 11.7 Å². The van der Waals surface area contributed by atoms with Gasteiger partial charge in [-0.25, -0.2) is 12.8 Å². The summed E-state index contributed by atoms with van der Waals surface area (Å²) >= 11 is 0. The Kier molecular flexibility index (Phi) is 6.67. The standard InChI is InChI=1S/C25H25FN2O3S/c26-22-12-7-13-23(16-22)32(30,31)28-18-21(14-15-24(28)20-10-5-2-6-11-20)25(29)27-17-19-8-3-1-4-9-19/h1-13,16,21,24H,14-15,17-18H2,(H,27,29). The SMILES string of the molecule is O=C(NCc1ccccc1)C1CCC(c2ccccc2)N(S(=O)(=O)c2cccc(F)c2)C1. The molecule has 0 aromatic heterocycles. The van der Waals surface area contributed by atoms with Gasteiger partial charge in [0.05, 0.1) is 16.9 Å². The molecule has 1 amide bonds. The number of halogens is 1. The van der Waals surface area contributed by atoms with Crippen molar-refractivity contribution in [1.82, 2.24) is 9.62 Å². The van der Waals surface area contributed by atoms with E-state index in [2.05, 4.69) is 5.32 Å². The van der Waals surface area contributed by atoms with Crippen LogP contribution in [0.5, 0.6) is 0 Å². The molecule has 32 heavy (non-hydrogen) atoms. The van der Waals surface area contributed by atoms with Crippen molar-refractivity contribution in [3.05, 3.63) is 102 Å². The number of nitrogens with zero attached hydrogens (tertiary/aromatic N) is 1. The Labute approximate surface area is 187 Å². The van der Waals surface area contributed by atoms with E-state index in [1.165, 1.54) is 22.5 Å². The first-order valence-corrected chi connectivity index (χ1v) is 12.0. The van der Waals surface area contributed by atoms with Gasteiger partial charge in [0.15, 0.2) is 0 Å². The highest BCUT2D eigenvalue weighted by Crippen LogP contribution is 2.37. The molecule has 1 N–H and O–H groups in total. The van der Waals surface area contributed by atoms with Crippen LogP contribution < -0.4 is 5.32 Å². The second-order valence-corrected chi connectivity index (χ2v) is 9.83. The Morgan fingerprint density at radius 2 is 1.62 bits per heavy atom. The maximum Gasteiger partial charge on any atom is 0.243 e. The molecule has 4 rings (SSSR count). The molecule has 0 bridgehead atoms. The third kappa shape index (κ3) is 4.89. The van der Waals surface area contributed by atoms with E-state index in [1.807, 2.05) is 60.7 Å². The molecule has 3 aromatic carbocycles. The first kappa shape index (κ1) is 22.2. The number of carbonyl (C=O) groups is 1. The minimum absolute atomic E-state index is 0.0407. The minimum atomic E-state index is -4.00. The van der Waals surface area contributed by atoms with Gasteiger partial charge in [0.25, 0.3) is 0 Å². The van der Waals surface area contributed by atoms with Crippen molar-refractivity contribution in [2.45, 2.75) is 30.3 Å². The lowest BCUT2D eigenvalue weighted by molar-refractivity contribution is -0.126. The molecule has 0 radical (unpaired) electrons. The van der Waals surface area contributed by atoms with Crippen molar-refractivity contribution < 1.29 is 17.6 Å². The Bertz CT molecular complexity index is 1170. The molecule has 1 fully saturated rings. The van der Waals surface area contributed by atoms with Crippen molar-refractivity contribution >= 4 is 15.9 Å². The van der Waals surface area contributed by atoms with Gasteiger partial charge in [-0.2, -0.15) is 4.31 Å². The molecule has 1 aliphatic heterocycles. The third-order valence-electron chi connectivity index (χ3n) is 5.80. The molecule has 1 saturated heterocycles. The van der Waals surface area contributed by atoms with E-state index in [4.69, 9.17) is 0 Å². The fourth-order valence-electron chi connectivity index (χ4n) is 4.12. The number of piperidine rings is 1. The van der Waals surface area contributed by atoms with E-state index < -0.39 is 27.8 Å². The Balaban J connectivity index is 1.59. The third-order valence-corrected chi connectivity index (χ3v) is 7.67. The molecule has 0 saturated carbocycles. The quantitative estimate of drug-likeness (QED) is 0.607. The highest BCUT2D eigenvalue weighted by Gasteiger charge is 2.40. The zero-order chi connectivity index (χ0) is 22.6. The monoisotopic (exact) mass is 452 g/mol. The van der Waals surface area contributed by atoms with Gasteiger partial charge in [0, 0.05) is 13.1 Å². The number of benzene rings is 3. The summed E-state index contributed by atoms with van der Waals surface area (Å²) < 4.78 is 42.2. The van der Waals surface area contributed by atoms with E-state index in [0.29, 0.717) is 19.4 Å². The Morgan fingerprint density at radius 3 is 2.31 bits per heavy atom. The summed E-state index contributed by atoms with van der Waals surface area (Å²) in [4.78, 5) is 12.8. The number of hydrogen-bond donors (Lipinski definition) is 1. The molecule has 1 heterocycles. The number of rotatable bonds is 6. The first-order chi connectivity index (χ1) is 15.4. The van der Waals surface area contributed by atoms with Crippen LogP contribution in [0.15, 0.2) is 89.8 Å². The predicted molar refractivity (Wildman–Crippen MR) is 120 cm³/mol. The van der Waals surface area contributed by atoms with Crippen LogP contribution in [0.4, 0.5) is 4.39 Å². The van der Waals surface area contributed by atoms with Gasteiger partial charge in [0.2, 0.25) is 15.9 Å². The van der Waals surface area contributed by atoms with Crippen molar-refractivity contribution in [2.24, 2.45) is 5.92 Å². The predicted octanol–water partition coefficient (Wildman–Crippen LogP) is 4.28. The van der Waals surface area contributed by atoms with E-state index in [-0.39, 0.29) is 17.3 Å². The molecule has 5 nitrogen and oxygen atoms in total. The normalized spacial score (nSPS) is 19.4. The molecule has 0 spiro atoms. The molecule has 0 aliphatic carbocycles. The van der Waals surface area contributed by atoms with Crippen LogP contribution >= 0.6 is 0 Å². The lowest BCUT2D eigenvalue weighted by Crippen LogP contribution is -2.46. The van der Waals surface area contributed by atoms with Crippen LogP contribution in [0.25, 0.3) is 0 Å². The smallest absolute Gasteiger partial charge is 0.243 e. The summed E-state index contributed by atoms with van der Waals surface area (Å²) in [5, 5.41) is 2.92. The summed E-state index contributed by atoms with van der Waals surface area (Å²) in [6.07, 6.45) is 1.07. The molecular weight excluding hydrogens is 427 g/mol. The van der Waals surface area contributed by atoms with Gasteiger partial charge in [-0.15, -0.1) is 0 Å².